The first-order chi connectivity index (χ1) is 10.3. The molecule has 2 aromatic heterocycles. The first-order valence-electron chi connectivity index (χ1n) is 6.37. The minimum absolute atomic E-state index is 0.0231. The molecule has 0 bridgehead atoms. The number of anilines is 1. The summed E-state index contributed by atoms with van der Waals surface area (Å²) in [6.07, 6.45) is 2.15. The van der Waals surface area contributed by atoms with Crippen molar-refractivity contribution in [3.8, 4) is 0 Å². The standard InChI is InChI=1S/C14H10BrN5S/c15-10-5-3-9(4-6-10)11-8-12(13-2-1-7-21-13)20-14(16-11)17-18-19-20/h1-8,12H,(H,16,17,19). The van der Waals surface area contributed by atoms with E-state index in [1.807, 2.05) is 18.2 Å². The summed E-state index contributed by atoms with van der Waals surface area (Å²) in [5, 5.41) is 17.3. The fourth-order valence-corrected chi connectivity index (χ4v) is 3.36. The Morgan fingerprint density at radius 2 is 2.05 bits per heavy atom. The number of aromatic nitrogens is 4. The molecule has 5 nitrogen and oxygen atoms in total. The summed E-state index contributed by atoms with van der Waals surface area (Å²) in [5.41, 5.74) is 2.12. The number of hydrogen-bond acceptors (Lipinski definition) is 5. The number of allylic oxidation sites excluding steroid dienone is 1. The second kappa shape index (κ2) is 5.09. The average Bonchev–Trinajstić information content (AvgIpc) is 3.18. The van der Waals surface area contributed by atoms with Crippen LogP contribution in [0.2, 0.25) is 0 Å². The molecule has 0 saturated carbocycles. The second-order valence-electron chi connectivity index (χ2n) is 4.62. The lowest BCUT2D eigenvalue weighted by molar-refractivity contribution is 0.593. The fourth-order valence-electron chi connectivity index (χ4n) is 2.31. The Morgan fingerprint density at radius 3 is 2.81 bits per heavy atom. The molecule has 1 unspecified atom stereocenters. The van der Waals surface area contributed by atoms with Crippen molar-refractivity contribution in [1.82, 2.24) is 20.2 Å². The highest BCUT2D eigenvalue weighted by atomic mass is 79.9. The van der Waals surface area contributed by atoms with Crippen molar-refractivity contribution in [3.05, 3.63) is 62.8 Å². The predicted molar refractivity (Wildman–Crippen MR) is 86.0 cm³/mol. The summed E-state index contributed by atoms with van der Waals surface area (Å²) in [6, 6.07) is 12.3. The number of benzene rings is 1. The van der Waals surface area contributed by atoms with Gasteiger partial charge in [0.25, 0.3) is 0 Å². The lowest BCUT2D eigenvalue weighted by Gasteiger charge is -2.22. The predicted octanol–water partition coefficient (Wildman–Crippen LogP) is 3.55. The van der Waals surface area contributed by atoms with E-state index in [1.165, 1.54) is 4.88 Å². The summed E-state index contributed by atoms with van der Waals surface area (Å²) in [6.45, 7) is 0. The number of fused-ring (bicyclic) bond motifs is 1. The van der Waals surface area contributed by atoms with Crippen LogP contribution in [0.5, 0.6) is 0 Å². The van der Waals surface area contributed by atoms with Gasteiger partial charge in [-0.15, -0.1) is 11.3 Å². The first kappa shape index (κ1) is 12.7. The Bertz CT molecular complexity index is 791. The zero-order valence-electron chi connectivity index (χ0n) is 10.8. The van der Waals surface area contributed by atoms with E-state index in [4.69, 9.17) is 0 Å². The minimum Gasteiger partial charge on any atom is -0.323 e. The molecule has 104 valence electrons. The van der Waals surface area contributed by atoms with Crippen molar-refractivity contribution in [2.45, 2.75) is 6.04 Å². The molecule has 3 aromatic rings. The van der Waals surface area contributed by atoms with Gasteiger partial charge < -0.3 is 5.32 Å². The van der Waals surface area contributed by atoms with Crippen LogP contribution in [0, 0.1) is 0 Å². The second-order valence-corrected chi connectivity index (χ2v) is 6.51. The van der Waals surface area contributed by atoms with Gasteiger partial charge in [-0.25, -0.2) is 0 Å². The molecule has 1 aliphatic rings. The zero-order valence-corrected chi connectivity index (χ0v) is 13.2. The Labute approximate surface area is 133 Å². The van der Waals surface area contributed by atoms with Crippen LogP contribution >= 0.6 is 27.3 Å². The molecule has 0 spiro atoms. The number of nitrogens with zero attached hydrogens (tertiary/aromatic N) is 4. The van der Waals surface area contributed by atoms with Crippen LogP contribution in [0.1, 0.15) is 16.5 Å². The number of rotatable bonds is 2. The van der Waals surface area contributed by atoms with Crippen LogP contribution in [0.3, 0.4) is 0 Å². The summed E-state index contributed by atoms with van der Waals surface area (Å²) in [4.78, 5) is 1.21. The van der Waals surface area contributed by atoms with E-state index in [1.54, 1.807) is 16.0 Å². The maximum absolute atomic E-state index is 4.08. The Hall–Kier alpha value is -1.99. The van der Waals surface area contributed by atoms with Crippen molar-refractivity contribution in [2.24, 2.45) is 0 Å². The van der Waals surface area contributed by atoms with Gasteiger partial charge in [-0.2, -0.15) is 4.68 Å². The number of nitrogens with one attached hydrogen (secondary N) is 1. The van der Waals surface area contributed by atoms with Crippen LogP contribution < -0.4 is 5.32 Å². The lowest BCUT2D eigenvalue weighted by Crippen LogP contribution is -2.19. The largest absolute Gasteiger partial charge is 0.323 e. The molecule has 4 rings (SSSR count). The highest BCUT2D eigenvalue weighted by molar-refractivity contribution is 9.10. The molecular weight excluding hydrogens is 350 g/mol. The Kier molecular flexibility index (Phi) is 3.08. The van der Waals surface area contributed by atoms with Crippen molar-refractivity contribution < 1.29 is 0 Å². The van der Waals surface area contributed by atoms with Gasteiger partial charge >= 0.3 is 0 Å². The number of thiophene rings is 1. The Morgan fingerprint density at radius 1 is 1.19 bits per heavy atom. The topological polar surface area (TPSA) is 55.6 Å². The number of halogens is 1. The maximum atomic E-state index is 4.08. The minimum atomic E-state index is 0.0231. The van der Waals surface area contributed by atoms with Crippen LogP contribution in [0.25, 0.3) is 5.70 Å². The van der Waals surface area contributed by atoms with Gasteiger partial charge in [0.2, 0.25) is 5.95 Å². The number of hydrogen-bond donors (Lipinski definition) is 1. The first-order valence-corrected chi connectivity index (χ1v) is 8.04. The SMILES string of the molecule is Brc1ccc(C2=CC(c3cccs3)n3nnnc3N2)cc1. The van der Waals surface area contributed by atoms with Gasteiger partial charge in [-0.1, -0.05) is 39.2 Å². The molecule has 1 aromatic carbocycles. The van der Waals surface area contributed by atoms with Crippen LogP contribution in [-0.2, 0) is 0 Å². The molecule has 0 saturated heterocycles. The summed E-state index contributed by atoms with van der Waals surface area (Å²) >= 11 is 5.16. The molecule has 1 aliphatic heterocycles. The normalized spacial score (nSPS) is 17.0. The van der Waals surface area contributed by atoms with Gasteiger partial charge in [0.15, 0.2) is 0 Å². The van der Waals surface area contributed by atoms with E-state index < -0.39 is 0 Å². The molecule has 21 heavy (non-hydrogen) atoms. The van der Waals surface area contributed by atoms with E-state index >= 15 is 0 Å². The van der Waals surface area contributed by atoms with E-state index in [2.05, 4.69) is 66.4 Å². The van der Waals surface area contributed by atoms with Gasteiger partial charge in [0.1, 0.15) is 6.04 Å². The Balaban J connectivity index is 1.80. The molecule has 1 N–H and O–H groups in total. The van der Waals surface area contributed by atoms with Gasteiger partial charge in [0, 0.05) is 15.0 Å². The number of tetrazole rings is 1. The van der Waals surface area contributed by atoms with E-state index in [0.29, 0.717) is 5.95 Å². The zero-order chi connectivity index (χ0) is 14.2. The third-order valence-electron chi connectivity index (χ3n) is 3.32. The highest BCUT2D eigenvalue weighted by Crippen LogP contribution is 2.33. The average molecular weight is 360 g/mol. The third-order valence-corrected chi connectivity index (χ3v) is 4.79. The lowest BCUT2D eigenvalue weighted by atomic mass is 10.1. The van der Waals surface area contributed by atoms with Gasteiger partial charge in [-0.05, 0) is 45.6 Å². The van der Waals surface area contributed by atoms with Crippen LogP contribution in [0.15, 0.2) is 52.3 Å². The molecule has 0 fully saturated rings. The summed E-state index contributed by atoms with van der Waals surface area (Å²) in [5.74, 6) is 0.661. The van der Waals surface area contributed by atoms with E-state index in [0.717, 1.165) is 15.7 Å². The quantitative estimate of drug-likeness (QED) is 0.759. The molecule has 1 atom stereocenters. The molecule has 0 radical (unpaired) electrons. The van der Waals surface area contributed by atoms with Crippen LogP contribution in [0.4, 0.5) is 5.95 Å². The monoisotopic (exact) mass is 359 g/mol. The molecular formula is C14H10BrN5S. The smallest absolute Gasteiger partial charge is 0.248 e. The van der Waals surface area contributed by atoms with Crippen molar-refractivity contribution >= 4 is 38.9 Å². The van der Waals surface area contributed by atoms with Crippen molar-refractivity contribution in [3.63, 3.8) is 0 Å². The highest BCUT2D eigenvalue weighted by Gasteiger charge is 2.24. The van der Waals surface area contributed by atoms with Crippen molar-refractivity contribution in [2.75, 3.05) is 5.32 Å². The molecule has 3 heterocycles. The summed E-state index contributed by atoms with van der Waals surface area (Å²) < 4.78 is 2.86. The molecule has 0 aliphatic carbocycles. The molecule has 0 amide bonds. The molecule has 7 heteroatoms. The van der Waals surface area contributed by atoms with Crippen molar-refractivity contribution in [1.29, 1.82) is 0 Å². The fraction of sp³-hybridized carbons (Fsp3) is 0.0714. The maximum Gasteiger partial charge on any atom is 0.248 e. The summed E-state index contributed by atoms with van der Waals surface area (Å²) in [7, 11) is 0. The third kappa shape index (κ3) is 2.28. The van der Waals surface area contributed by atoms with Gasteiger partial charge in [-0.3, -0.25) is 0 Å². The van der Waals surface area contributed by atoms with Gasteiger partial charge in [0.05, 0.1) is 0 Å². The van der Waals surface area contributed by atoms with Crippen LogP contribution in [-0.4, -0.2) is 20.2 Å². The van der Waals surface area contributed by atoms with E-state index in [9.17, 15) is 0 Å². The van der Waals surface area contributed by atoms with E-state index in [-0.39, 0.29) is 6.04 Å².